The van der Waals surface area contributed by atoms with Gasteiger partial charge in [-0.1, -0.05) is 54.9 Å². The van der Waals surface area contributed by atoms with Gasteiger partial charge in [-0.2, -0.15) is 0 Å². The molecule has 0 fully saturated rings. The van der Waals surface area contributed by atoms with Crippen LogP contribution in [0, 0.1) is 0 Å². The van der Waals surface area contributed by atoms with Crippen molar-refractivity contribution in [3.8, 4) is 11.1 Å². The molecular formula is C19H18BrNO. The highest BCUT2D eigenvalue weighted by molar-refractivity contribution is 9.10. The average molecular weight is 356 g/mol. The van der Waals surface area contributed by atoms with Gasteiger partial charge >= 0.3 is 0 Å². The molecule has 0 aliphatic heterocycles. The van der Waals surface area contributed by atoms with E-state index < -0.39 is 0 Å². The fourth-order valence-corrected chi connectivity index (χ4v) is 2.96. The summed E-state index contributed by atoms with van der Waals surface area (Å²) in [4.78, 5) is 16.0. The van der Waals surface area contributed by atoms with Gasteiger partial charge in [-0.3, -0.25) is 4.79 Å². The highest BCUT2D eigenvalue weighted by Crippen LogP contribution is 2.26. The van der Waals surface area contributed by atoms with Crippen LogP contribution in [-0.4, -0.2) is 4.98 Å². The fraction of sp³-hybridized carbons (Fsp3) is 0.211. The highest BCUT2D eigenvalue weighted by atomic mass is 79.9. The summed E-state index contributed by atoms with van der Waals surface area (Å²) in [6.45, 7) is 6.51. The zero-order valence-corrected chi connectivity index (χ0v) is 14.5. The largest absolute Gasteiger partial charge is 0.360 e. The Hall–Kier alpha value is -1.87. The zero-order valence-electron chi connectivity index (χ0n) is 12.9. The van der Waals surface area contributed by atoms with Crippen LogP contribution >= 0.6 is 15.9 Å². The van der Waals surface area contributed by atoms with E-state index in [0.29, 0.717) is 5.56 Å². The minimum Gasteiger partial charge on any atom is -0.360 e. The predicted octanol–water partition coefficient (Wildman–Crippen LogP) is 5.26. The normalized spacial score (nSPS) is 11.8. The number of benzene rings is 2. The van der Waals surface area contributed by atoms with Crippen LogP contribution in [0.15, 0.2) is 57.9 Å². The lowest BCUT2D eigenvalue weighted by Gasteiger charge is -2.19. The molecule has 3 aromatic rings. The number of rotatable bonds is 1. The molecule has 2 nitrogen and oxygen atoms in total. The minimum atomic E-state index is 0.0623. The first-order valence-electron chi connectivity index (χ1n) is 7.28. The van der Waals surface area contributed by atoms with Crippen LogP contribution in [0.4, 0.5) is 0 Å². The molecule has 112 valence electrons. The van der Waals surface area contributed by atoms with Crippen LogP contribution < -0.4 is 5.43 Å². The molecule has 0 aliphatic rings. The number of hydrogen-bond donors (Lipinski definition) is 1. The Morgan fingerprint density at radius 2 is 1.82 bits per heavy atom. The third kappa shape index (κ3) is 2.73. The van der Waals surface area contributed by atoms with Crippen molar-refractivity contribution < 1.29 is 0 Å². The first kappa shape index (κ1) is 15.0. The maximum absolute atomic E-state index is 12.8. The maximum atomic E-state index is 12.8. The molecule has 3 heteroatoms. The smallest absolute Gasteiger partial charge is 0.197 e. The molecule has 0 spiro atoms. The number of halogens is 1. The molecule has 0 saturated heterocycles. The summed E-state index contributed by atoms with van der Waals surface area (Å²) in [7, 11) is 0. The summed E-state index contributed by atoms with van der Waals surface area (Å²) < 4.78 is 0.965. The topological polar surface area (TPSA) is 32.9 Å². The Labute approximate surface area is 138 Å². The molecule has 2 aromatic carbocycles. The third-order valence-corrected chi connectivity index (χ3v) is 4.38. The molecule has 22 heavy (non-hydrogen) atoms. The molecule has 1 N–H and O–H groups in total. The number of H-pyrrole nitrogens is 1. The third-order valence-electron chi connectivity index (χ3n) is 3.88. The van der Waals surface area contributed by atoms with E-state index >= 15 is 0 Å². The van der Waals surface area contributed by atoms with E-state index in [1.165, 1.54) is 5.56 Å². The van der Waals surface area contributed by atoms with Crippen molar-refractivity contribution in [1.82, 2.24) is 4.98 Å². The second-order valence-electron chi connectivity index (χ2n) is 6.55. The second kappa shape index (κ2) is 5.40. The lowest BCUT2D eigenvalue weighted by molar-refractivity contribution is 0.591. The van der Waals surface area contributed by atoms with Gasteiger partial charge in [-0.15, -0.1) is 0 Å². The van der Waals surface area contributed by atoms with E-state index in [1.807, 2.05) is 36.4 Å². The van der Waals surface area contributed by atoms with Crippen molar-refractivity contribution in [3.05, 3.63) is 68.9 Å². The van der Waals surface area contributed by atoms with Crippen LogP contribution in [0.1, 0.15) is 26.3 Å². The van der Waals surface area contributed by atoms with E-state index in [0.717, 1.165) is 20.9 Å². The molecule has 3 rings (SSSR count). The van der Waals surface area contributed by atoms with Gasteiger partial charge in [0.15, 0.2) is 5.43 Å². The van der Waals surface area contributed by atoms with Crippen LogP contribution in [-0.2, 0) is 5.41 Å². The van der Waals surface area contributed by atoms with E-state index in [4.69, 9.17) is 0 Å². The fourth-order valence-electron chi connectivity index (χ4n) is 2.56. The summed E-state index contributed by atoms with van der Waals surface area (Å²) in [5.74, 6) is 0. The molecular weight excluding hydrogens is 338 g/mol. The Balaban J connectivity index is 2.21. The number of nitrogens with one attached hydrogen (secondary N) is 1. The number of pyridine rings is 1. The molecule has 0 aliphatic carbocycles. The Morgan fingerprint density at radius 1 is 1.05 bits per heavy atom. The van der Waals surface area contributed by atoms with Crippen LogP contribution in [0.25, 0.3) is 22.0 Å². The number of hydrogen-bond acceptors (Lipinski definition) is 1. The maximum Gasteiger partial charge on any atom is 0.197 e. The number of aromatic nitrogens is 1. The predicted molar refractivity (Wildman–Crippen MR) is 96.4 cm³/mol. The molecule has 1 aromatic heterocycles. The lowest BCUT2D eigenvalue weighted by atomic mass is 9.86. The Bertz CT molecular complexity index is 903. The van der Waals surface area contributed by atoms with Crippen LogP contribution in [0.5, 0.6) is 0 Å². The molecule has 0 bridgehead atoms. The van der Waals surface area contributed by atoms with Gasteiger partial charge in [0.1, 0.15) is 0 Å². The molecule has 0 saturated carbocycles. The first-order chi connectivity index (χ1) is 10.4. The Morgan fingerprint density at radius 3 is 2.50 bits per heavy atom. The van der Waals surface area contributed by atoms with Crippen LogP contribution in [0.3, 0.4) is 0 Å². The van der Waals surface area contributed by atoms with E-state index in [-0.39, 0.29) is 10.8 Å². The van der Waals surface area contributed by atoms with E-state index in [9.17, 15) is 4.79 Å². The summed E-state index contributed by atoms with van der Waals surface area (Å²) in [5, 5.41) is 0.727. The summed E-state index contributed by atoms with van der Waals surface area (Å²) in [6.07, 6.45) is 1.80. The monoisotopic (exact) mass is 355 g/mol. The zero-order chi connectivity index (χ0) is 15.9. The quantitative estimate of drug-likeness (QED) is 0.634. The number of fused-ring (bicyclic) bond motifs is 1. The van der Waals surface area contributed by atoms with E-state index in [1.54, 1.807) is 6.20 Å². The number of aromatic amines is 1. The second-order valence-corrected chi connectivity index (χ2v) is 7.47. The Kier molecular flexibility index (Phi) is 3.69. The molecule has 0 radical (unpaired) electrons. The van der Waals surface area contributed by atoms with Gasteiger partial charge in [0.05, 0.1) is 0 Å². The van der Waals surface area contributed by atoms with Gasteiger partial charge in [0.25, 0.3) is 0 Å². The van der Waals surface area contributed by atoms with Crippen molar-refractivity contribution in [1.29, 1.82) is 0 Å². The van der Waals surface area contributed by atoms with Gasteiger partial charge in [-0.25, -0.2) is 0 Å². The van der Waals surface area contributed by atoms with Crippen molar-refractivity contribution in [2.24, 2.45) is 0 Å². The molecule has 1 heterocycles. The van der Waals surface area contributed by atoms with Gasteiger partial charge in [0, 0.05) is 27.1 Å². The van der Waals surface area contributed by atoms with Crippen molar-refractivity contribution in [2.75, 3.05) is 0 Å². The molecule has 0 unspecified atom stereocenters. The van der Waals surface area contributed by atoms with E-state index in [2.05, 4.69) is 47.8 Å². The molecule has 0 amide bonds. The van der Waals surface area contributed by atoms with Crippen molar-refractivity contribution >= 4 is 26.8 Å². The van der Waals surface area contributed by atoms with Gasteiger partial charge in [-0.05, 0) is 40.8 Å². The summed E-state index contributed by atoms with van der Waals surface area (Å²) in [6, 6.07) is 13.8. The first-order valence-corrected chi connectivity index (χ1v) is 8.07. The summed E-state index contributed by atoms with van der Waals surface area (Å²) in [5.41, 5.74) is 3.83. The van der Waals surface area contributed by atoms with Crippen molar-refractivity contribution in [3.63, 3.8) is 0 Å². The van der Waals surface area contributed by atoms with Crippen molar-refractivity contribution in [2.45, 2.75) is 26.2 Å². The standard InChI is InChI=1S/C19H18BrNO/c1-19(2,3)13-7-8-15-17(10-13)21-11-16(18(15)22)12-5-4-6-14(20)9-12/h4-11H,1-3H3,(H,21,22). The molecule has 0 atom stereocenters. The van der Waals surface area contributed by atoms with Gasteiger partial charge in [0.2, 0.25) is 0 Å². The van der Waals surface area contributed by atoms with Gasteiger partial charge < -0.3 is 4.98 Å². The minimum absolute atomic E-state index is 0.0623. The average Bonchev–Trinajstić information content (AvgIpc) is 2.46. The highest BCUT2D eigenvalue weighted by Gasteiger charge is 2.15. The SMILES string of the molecule is CC(C)(C)c1ccc2c(=O)c(-c3cccc(Br)c3)c[nH]c2c1. The summed E-state index contributed by atoms with van der Waals surface area (Å²) >= 11 is 3.45. The van der Waals surface area contributed by atoms with Crippen LogP contribution in [0.2, 0.25) is 0 Å². The lowest BCUT2D eigenvalue weighted by Crippen LogP contribution is -2.12.